The van der Waals surface area contributed by atoms with E-state index >= 15 is 0 Å². The third-order valence-corrected chi connectivity index (χ3v) is 3.66. The molecule has 0 aliphatic heterocycles. The number of rotatable bonds is 5. The van der Waals surface area contributed by atoms with E-state index in [0.717, 1.165) is 6.07 Å². The Balaban J connectivity index is 1.89. The van der Waals surface area contributed by atoms with Crippen LogP contribution >= 0.6 is 0 Å². The van der Waals surface area contributed by atoms with Gasteiger partial charge in [0.05, 0.1) is 29.6 Å². The van der Waals surface area contributed by atoms with E-state index in [9.17, 15) is 19.3 Å². The van der Waals surface area contributed by atoms with Crippen molar-refractivity contribution in [3.05, 3.63) is 39.7 Å². The molecule has 1 N–H and O–H groups in total. The number of carboxylic acids is 1. The minimum absolute atomic E-state index is 0.0806. The second-order valence-corrected chi connectivity index (χ2v) is 5.20. The van der Waals surface area contributed by atoms with Crippen molar-refractivity contribution in [2.24, 2.45) is 5.92 Å². The van der Waals surface area contributed by atoms with Gasteiger partial charge in [0.25, 0.3) is 5.69 Å². The Bertz CT molecular complexity index is 540. The first-order chi connectivity index (χ1) is 9.95. The summed E-state index contributed by atoms with van der Waals surface area (Å²) in [6.45, 7) is 0.0843. The Morgan fingerprint density at radius 1 is 1.33 bits per heavy atom. The summed E-state index contributed by atoms with van der Waals surface area (Å²) in [6, 6.07) is 3.35. The lowest BCUT2D eigenvalue weighted by atomic mass is 9.87. The van der Waals surface area contributed by atoms with E-state index in [2.05, 4.69) is 0 Å². The lowest BCUT2D eigenvalue weighted by molar-refractivity contribution is -0.385. The zero-order valence-corrected chi connectivity index (χ0v) is 11.3. The Hall–Kier alpha value is -2.02. The first-order valence-electron chi connectivity index (χ1n) is 6.74. The maximum Gasteiger partial charge on any atom is 0.306 e. The summed E-state index contributed by atoms with van der Waals surface area (Å²) >= 11 is 0. The third kappa shape index (κ3) is 4.22. The number of hydrogen-bond acceptors (Lipinski definition) is 4. The number of benzene rings is 1. The van der Waals surface area contributed by atoms with Crippen LogP contribution in [-0.2, 0) is 16.1 Å². The van der Waals surface area contributed by atoms with Gasteiger partial charge in [0, 0.05) is 6.07 Å². The van der Waals surface area contributed by atoms with Crippen molar-refractivity contribution in [3.8, 4) is 0 Å². The van der Waals surface area contributed by atoms with E-state index in [1.54, 1.807) is 0 Å². The minimum atomic E-state index is -0.783. The molecular formula is C14H16FNO5. The average Bonchev–Trinajstić information content (AvgIpc) is 2.45. The fraction of sp³-hybridized carbons (Fsp3) is 0.500. The number of halogens is 1. The van der Waals surface area contributed by atoms with Gasteiger partial charge in [-0.1, -0.05) is 0 Å². The predicted molar refractivity (Wildman–Crippen MR) is 71.2 cm³/mol. The van der Waals surface area contributed by atoms with E-state index in [1.807, 2.05) is 0 Å². The van der Waals surface area contributed by atoms with Gasteiger partial charge in [-0.05, 0) is 37.3 Å². The fourth-order valence-electron chi connectivity index (χ4n) is 2.51. The Kier molecular flexibility index (Phi) is 4.85. The summed E-state index contributed by atoms with van der Waals surface area (Å²) in [5.41, 5.74) is 0.102. The summed E-state index contributed by atoms with van der Waals surface area (Å²) in [6.07, 6.45) is 2.30. The zero-order chi connectivity index (χ0) is 15.4. The first-order valence-corrected chi connectivity index (χ1v) is 6.74. The molecule has 1 aromatic carbocycles. The molecule has 0 radical (unpaired) electrons. The molecule has 0 unspecified atom stereocenters. The largest absolute Gasteiger partial charge is 0.481 e. The number of ether oxygens (including phenoxy) is 1. The molecule has 0 amide bonds. The van der Waals surface area contributed by atoms with Crippen molar-refractivity contribution >= 4 is 11.7 Å². The molecule has 0 aromatic heterocycles. The Morgan fingerprint density at radius 3 is 2.57 bits per heavy atom. The normalized spacial score (nSPS) is 22.0. The van der Waals surface area contributed by atoms with E-state index in [0.29, 0.717) is 31.2 Å². The van der Waals surface area contributed by atoms with Crippen LogP contribution < -0.4 is 0 Å². The van der Waals surface area contributed by atoms with Gasteiger partial charge in [-0.3, -0.25) is 14.9 Å². The molecule has 7 heteroatoms. The number of non-ortho nitro benzene ring substituents is 1. The zero-order valence-electron chi connectivity index (χ0n) is 11.3. The smallest absolute Gasteiger partial charge is 0.306 e. The van der Waals surface area contributed by atoms with Gasteiger partial charge in [-0.15, -0.1) is 0 Å². The Labute approximate surface area is 120 Å². The summed E-state index contributed by atoms with van der Waals surface area (Å²) in [7, 11) is 0. The van der Waals surface area contributed by atoms with Crippen LogP contribution in [0.2, 0.25) is 0 Å². The van der Waals surface area contributed by atoms with E-state index in [4.69, 9.17) is 9.84 Å². The summed E-state index contributed by atoms with van der Waals surface area (Å²) < 4.78 is 18.9. The van der Waals surface area contributed by atoms with Crippen LogP contribution in [0.3, 0.4) is 0 Å². The monoisotopic (exact) mass is 297 g/mol. The lowest BCUT2D eigenvalue weighted by Gasteiger charge is -2.26. The molecule has 0 spiro atoms. The molecule has 1 aliphatic rings. The van der Waals surface area contributed by atoms with Gasteiger partial charge in [-0.2, -0.15) is 0 Å². The van der Waals surface area contributed by atoms with E-state index in [1.165, 1.54) is 12.1 Å². The Morgan fingerprint density at radius 2 is 2.00 bits per heavy atom. The summed E-state index contributed by atoms with van der Waals surface area (Å²) in [5.74, 6) is -1.77. The molecule has 1 fully saturated rings. The number of hydrogen-bond donors (Lipinski definition) is 1. The maximum absolute atomic E-state index is 13.3. The lowest BCUT2D eigenvalue weighted by Crippen LogP contribution is -2.25. The van der Waals surface area contributed by atoms with Crippen LogP contribution in [0.15, 0.2) is 18.2 Å². The van der Waals surface area contributed by atoms with Gasteiger partial charge in [0.2, 0.25) is 0 Å². The molecule has 21 heavy (non-hydrogen) atoms. The highest BCUT2D eigenvalue weighted by molar-refractivity contribution is 5.70. The first kappa shape index (κ1) is 15.4. The fourth-order valence-corrected chi connectivity index (χ4v) is 2.51. The van der Waals surface area contributed by atoms with Crippen LogP contribution in [0.5, 0.6) is 0 Å². The standard InChI is InChI=1S/C14H16FNO5/c15-11-5-9(6-12(7-11)16(19)20)8-21-13-3-1-10(2-4-13)14(17)18/h5-7,10,13H,1-4,8H2,(H,17,18). The molecule has 6 nitrogen and oxygen atoms in total. The van der Waals surface area contributed by atoms with Gasteiger partial charge < -0.3 is 9.84 Å². The van der Waals surface area contributed by atoms with E-state index in [-0.39, 0.29) is 24.3 Å². The van der Waals surface area contributed by atoms with Crippen molar-refractivity contribution in [2.45, 2.75) is 38.4 Å². The van der Waals surface area contributed by atoms with Gasteiger partial charge in [0.15, 0.2) is 0 Å². The molecule has 2 rings (SSSR count). The molecular weight excluding hydrogens is 281 g/mol. The molecule has 0 bridgehead atoms. The molecule has 1 aromatic rings. The molecule has 0 saturated heterocycles. The number of nitrogens with zero attached hydrogens (tertiary/aromatic N) is 1. The molecule has 114 valence electrons. The second-order valence-electron chi connectivity index (χ2n) is 5.20. The van der Waals surface area contributed by atoms with Crippen LogP contribution in [0.4, 0.5) is 10.1 Å². The van der Waals surface area contributed by atoms with Gasteiger partial charge in [0.1, 0.15) is 5.82 Å². The van der Waals surface area contributed by atoms with E-state index < -0.39 is 16.7 Å². The summed E-state index contributed by atoms with van der Waals surface area (Å²) in [4.78, 5) is 20.8. The highest BCUT2D eigenvalue weighted by atomic mass is 19.1. The van der Waals surface area contributed by atoms with Crippen molar-refractivity contribution in [3.63, 3.8) is 0 Å². The highest BCUT2D eigenvalue weighted by Crippen LogP contribution is 2.27. The van der Waals surface area contributed by atoms with Crippen molar-refractivity contribution in [2.75, 3.05) is 0 Å². The average molecular weight is 297 g/mol. The molecule has 1 aliphatic carbocycles. The van der Waals surface area contributed by atoms with Crippen molar-refractivity contribution in [1.82, 2.24) is 0 Å². The SMILES string of the molecule is O=C(O)C1CCC(OCc2cc(F)cc([N+](=O)[O-])c2)CC1. The molecule has 0 atom stereocenters. The van der Waals surface area contributed by atoms with Gasteiger partial charge >= 0.3 is 5.97 Å². The number of carboxylic acid groups (broad SMARTS) is 1. The van der Waals surface area contributed by atoms with Crippen molar-refractivity contribution in [1.29, 1.82) is 0 Å². The highest BCUT2D eigenvalue weighted by Gasteiger charge is 2.26. The predicted octanol–water partition coefficient (Wildman–Crippen LogP) is 2.89. The minimum Gasteiger partial charge on any atom is -0.481 e. The number of nitro benzene ring substituents is 1. The topological polar surface area (TPSA) is 89.7 Å². The second kappa shape index (κ2) is 6.62. The number of aliphatic carboxylic acids is 1. The van der Waals surface area contributed by atoms with Crippen LogP contribution in [0.1, 0.15) is 31.2 Å². The maximum atomic E-state index is 13.3. The summed E-state index contributed by atoms with van der Waals surface area (Å²) in [5, 5.41) is 19.6. The molecule has 1 saturated carbocycles. The third-order valence-electron chi connectivity index (χ3n) is 3.66. The van der Waals surface area contributed by atoms with Crippen LogP contribution in [-0.4, -0.2) is 22.1 Å². The van der Waals surface area contributed by atoms with Crippen molar-refractivity contribution < 1.29 is 24.0 Å². The molecule has 0 heterocycles. The van der Waals surface area contributed by atoms with Crippen LogP contribution in [0, 0.1) is 21.8 Å². The quantitative estimate of drug-likeness (QED) is 0.666. The number of nitro groups is 1. The number of carbonyl (C=O) groups is 1. The van der Waals surface area contributed by atoms with Crippen LogP contribution in [0.25, 0.3) is 0 Å². The van der Waals surface area contributed by atoms with Gasteiger partial charge in [-0.25, -0.2) is 4.39 Å².